The van der Waals surface area contributed by atoms with E-state index < -0.39 is 0 Å². The summed E-state index contributed by atoms with van der Waals surface area (Å²) in [7, 11) is 0. The van der Waals surface area contributed by atoms with E-state index in [1.165, 1.54) is 19.3 Å². The second-order valence-electron chi connectivity index (χ2n) is 4.54. The minimum atomic E-state index is 0.620. The van der Waals surface area contributed by atoms with Gasteiger partial charge in [0.25, 0.3) is 0 Å². The molecule has 1 aromatic heterocycles. The van der Waals surface area contributed by atoms with E-state index in [1.807, 2.05) is 18.2 Å². The van der Waals surface area contributed by atoms with Gasteiger partial charge < -0.3 is 9.88 Å². The monoisotopic (exact) mass is 249 g/mol. The van der Waals surface area contributed by atoms with Crippen LogP contribution in [0.15, 0.2) is 24.3 Å². The molecule has 1 saturated carbocycles. The first-order valence-corrected chi connectivity index (χ1v) is 6.69. The first kappa shape index (κ1) is 10.9. The van der Waals surface area contributed by atoms with Crippen LogP contribution in [-0.2, 0) is 0 Å². The van der Waals surface area contributed by atoms with Gasteiger partial charge in [0, 0.05) is 18.5 Å². The second kappa shape index (κ2) is 4.57. The molecule has 0 amide bonds. The lowest BCUT2D eigenvalue weighted by atomic mass is 9.92. The Kier molecular flexibility index (Phi) is 2.93. The van der Waals surface area contributed by atoms with Gasteiger partial charge in [-0.2, -0.15) is 0 Å². The molecular weight excluding hydrogens is 234 g/mol. The number of aromatic amines is 1. The number of para-hydroxylation sites is 2. The number of hydrogen-bond acceptors (Lipinski definition) is 2. The van der Waals surface area contributed by atoms with Crippen molar-refractivity contribution >= 4 is 28.6 Å². The summed E-state index contributed by atoms with van der Waals surface area (Å²) in [6.07, 6.45) is 3.84. The molecule has 90 valence electrons. The van der Waals surface area contributed by atoms with Crippen LogP contribution >= 0.6 is 11.6 Å². The van der Waals surface area contributed by atoms with Crippen molar-refractivity contribution in [3.8, 4) is 0 Å². The predicted molar refractivity (Wildman–Crippen MR) is 71.8 cm³/mol. The van der Waals surface area contributed by atoms with E-state index in [4.69, 9.17) is 11.6 Å². The number of alkyl halides is 1. The Morgan fingerprint density at radius 3 is 2.82 bits per heavy atom. The number of nitrogens with zero attached hydrogens (tertiary/aromatic N) is 2. The van der Waals surface area contributed by atoms with E-state index >= 15 is 0 Å². The third kappa shape index (κ3) is 2.00. The van der Waals surface area contributed by atoms with E-state index in [9.17, 15) is 0 Å². The fourth-order valence-electron chi connectivity index (χ4n) is 2.33. The van der Waals surface area contributed by atoms with Crippen molar-refractivity contribution in [1.82, 2.24) is 9.97 Å². The fraction of sp³-hybridized carbons (Fsp3) is 0.462. The number of halogens is 1. The van der Waals surface area contributed by atoms with Crippen molar-refractivity contribution < 1.29 is 0 Å². The second-order valence-corrected chi connectivity index (χ2v) is 4.92. The standard InChI is InChI=1S/C13H16ClN3/c14-8-9-17(10-4-3-5-10)13-15-11-6-1-2-7-12(11)16-13/h1-2,6-7,10H,3-5,8-9H2,(H,15,16). The SMILES string of the molecule is ClCCN(c1nc2ccccc2[nH]1)C1CCC1. The van der Waals surface area contributed by atoms with Crippen molar-refractivity contribution in [2.45, 2.75) is 25.3 Å². The molecule has 1 aliphatic rings. The molecule has 1 N–H and O–H groups in total. The van der Waals surface area contributed by atoms with Crippen LogP contribution < -0.4 is 4.90 Å². The first-order chi connectivity index (χ1) is 8.38. The molecule has 2 aromatic rings. The molecule has 0 saturated heterocycles. The highest BCUT2D eigenvalue weighted by atomic mass is 35.5. The Hall–Kier alpha value is -1.22. The zero-order valence-corrected chi connectivity index (χ0v) is 10.5. The van der Waals surface area contributed by atoms with Crippen LogP contribution in [0.1, 0.15) is 19.3 Å². The van der Waals surface area contributed by atoms with Gasteiger partial charge >= 0.3 is 0 Å². The predicted octanol–water partition coefficient (Wildman–Crippen LogP) is 3.16. The Balaban J connectivity index is 1.93. The van der Waals surface area contributed by atoms with Crippen LogP contribution in [0.25, 0.3) is 11.0 Å². The molecule has 1 aliphatic carbocycles. The highest BCUT2D eigenvalue weighted by Crippen LogP contribution is 2.29. The molecule has 1 aromatic carbocycles. The molecule has 17 heavy (non-hydrogen) atoms. The van der Waals surface area contributed by atoms with Gasteiger partial charge in [0.1, 0.15) is 0 Å². The van der Waals surface area contributed by atoms with Gasteiger partial charge in [0.05, 0.1) is 11.0 Å². The molecule has 1 heterocycles. The Labute approximate surface area is 106 Å². The largest absolute Gasteiger partial charge is 0.338 e. The third-order valence-corrected chi connectivity index (χ3v) is 3.66. The Bertz CT molecular complexity index is 471. The number of benzene rings is 1. The van der Waals surface area contributed by atoms with Crippen LogP contribution in [0.5, 0.6) is 0 Å². The van der Waals surface area contributed by atoms with Crippen LogP contribution in [0.2, 0.25) is 0 Å². The number of rotatable bonds is 4. The topological polar surface area (TPSA) is 31.9 Å². The number of H-pyrrole nitrogens is 1. The van der Waals surface area contributed by atoms with E-state index in [-0.39, 0.29) is 0 Å². The van der Waals surface area contributed by atoms with Gasteiger partial charge in [-0.1, -0.05) is 12.1 Å². The van der Waals surface area contributed by atoms with Gasteiger partial charge in [0.15, 0.2) is 0 Å². The minimum Gasteiger partial charge on any atom is -0.338 e. The van der Waals surface area contributed by atoms with Gasteiger partial charge in [-0.15, -0.1) is 11.6 Å². The van der Waals surface area contributed by atoms with Gasteiger partial charge in [0.2, 0.25) is 5.95 Å². The van der Waals surface area contributed by atoms with E-state index in [1.54, 1.807) is 0 Å². The normalized spacial score (nSPS) is 16.1. The summed E-state index contributed by atoms with van der Waals surface area (Å²) in [5.74, 6) is 1.62. The smallest absolute Gasteiger partial charge is 0.204 e. The summed E-state index contributed by atoms with van der Waals surface area (Å²) in [6.45, 7) is 0.867. The Morgan fingerprint density at radius 2 is 2.18 bits per heavy atom. The average Bonchev–Trinajstić information content (AvgIpc) is 2.69. The van der Waals surface area contributed by atoms with Crippen LogP contribution in [-0.4, -0.2) is 28.4 Å². The maximum absolute atomic E-state index is 5.89. The van der Waals surface area contributed by atoms with Crippen molar-refractivity contribution in [1.29, 1.82) is 0 Å². The summed E-state index contributed by atoms with van der Waals surface area (Å²) < 4.78 is 0. The van der Waals surface area contributed by atoms with Crippen molar-refractivity contribution in [3.05, 3.63) is 24.3 Å². The van der Waals surface area contributed by atoms with Gasteiger partial charge in [-0.3, -0.25) is 0 Å². The number of aromatic nitrogens is 2. The number of fused-ring (bicyclic) bond motifs is 1. The van der Waals surface area contributed by atoms with Crippen LogP contribution in [0.3, 0.4) is 0 Å². The molecule has 0 unspecified atom stereocenters. The molecule has 0 bridgehead atoms. The first-order valence-electron chi connectivity index (χ1n) is 6.16. The molecule has 0 aliphatic heterocycles. The quantitative estimate of drug-likeness (QED) is 0.845. The lowest BCUT2D eigenvalue weighted by Gasteiger charge is -2.37. The number of nitrogens with one attached hydrogen (secondary N) is 1. The zero-order valence-electron chi connectivity index (χ0n) is 9.69. The maximum atomic E-state index is 5.89. The molecule has 0 spiro atoms. The Morgan fingerprint density at radius 1 is 1.35 bits per heavy atom. The van der Waals surface area contributed by atoms with Crippen molar-refractivity contribution in [2.75, 3.05) is 17.3 Å². The summed E-state index contributed by atoms with van der Waals surface area (Å²) in [5, 5.41) is 0. The third-order valence-electron chi connectivity index (χ3n) is 3.49. The van der Waals surface area contributed by atoms with E-state index in [0.29, 0.717) is 11.9 Å². The number of anilines is 1. The highest BCUT2D eigenvalue weighted by Gasteiger charge is 2.26. The molecular formula is C13H16ClN3. The fourth-order valence-corrected chi connectivity index (χ4v) is 2.51. The molecule has 3 nitrogen and oxygen atoms in total. The minimum absolute atomic E-state index is 0.620. The van der Waals surface area contributed by atoms with Crippen LogP contribution in [0, 0.1) is 0 Å². The van der Waals surface area contributed by atoms with E-state index in [0.717, 1.165) is 23.5 Å². The summed E-state index contributed by atoms with van der Waals surface area (Å²) in [5.41, 5.74) is 2.13. The van der Waals surface area contributed by atoms with E-state index in [2.05, 4.69) is 20.9 Å². The van der Waals surface area contributed by atoms with Crippen molar-refractivity contribution in [3.63, 3.8) is 0 Å². The zero-order chi connectivity index (χ0) is 11.7. The lowest BCUT2D eigenvalue weighted by molar-refractivity contribution is 0.387. The molecule has 0 radical (unpaired) electrons. The summed E-state index contributed by atoms with van der Waals surface area (Å²) in [4.78, 5) is 10.3. The molecule has 1 fully saturated rings. The molecule has 4 heteroatoms. The van der Waals surface area contributed by atoms with Crippen molar-refractivity contribution in [2.24, 2.45) is 0 Å². The summed E-state index contributed by atoms with van der Waals surface area (Å²) in [6, 6.07) is 8.76. The van der Waals surface area contributed by atoms with Gasteiger partial charge in [-0.25, -0.2) is 4.98 Å². The van der Waals surface area contributed by atoms with Crippen LogP contribution in [0.4, 0.5) is 5.95 Å². The molecule has 3 rings (SSSR count). The average molecular weight is 250 g/mol. The highest BCUT2D eigenvalue weighted by molar-refractivity contribution is 6.18. The maximum Gasteiger partial charge on any atom is 0.204 e. The summed E-state index contributed by atoms with van der Waals surface area (Å²) >= 11 is 5.89. The number of hydrogen-bond donors (Lipinski definition) is 1. The lowest BCUT2D eigenvalue weighted by Crippen LogP contribution is -2.42. The van der Waals surface area contributed by atoms with Gasteiger partial charge in [-0.05, 0) is 31.4 Å². The number of imidazole rings is 1. The molecule has 0 atom stereocenters.